The van der Waals surface area contributed by atoms with Gasteiger partial charge in [-0.2, -0.15) is 5.10 Å². The normalized spacial score (nSPS) is 15.9. The van der Waals surface area contributed by atoms with Crippen LogP contribution in [0.5, 0.6) is 5.75 Å². The van der Waals surface area contributed by atoms with Crippen molar-refractivity contribution in [2.24, 2.45) is 5.92 Å². The Morgan fingerprint density at radius 2 is 1.89 bits per heavy atom. The SMILES string of the molecule is CC(c1oc(=O)c2ccccc2c1C1=CCN(C(=O)C2CN(C)C2)CC1)n1nc(-c2cc(O)cc(F)c2)c2c(N)ncnc21.O=CO. The van der Waals surface area contributed by atoms with Crippen LogP contribution in [0.3, 0.4) is 0 Å². The molecule has 0 radical (unpaired) electrons. The summed E-state index contributed by atoms with van der Waals surface area (Å²) in [5.74, 6) is -0.226. The summed E-state index contributed by atoms with van der Waals surface area (Å²) in [6.45, 7) is 4.13. The third-order valence-electron chi connectivity index (χ3n) is 8.54. The van der Waals surface area contributed by atoms with Crippen LogP contribution in [-0.4, -0.2) is 85.4 Å². The van der Waals surface area contributed by atoms with Crippen molar-refractivity contribution in [3.8, 4) is 17.0 Å². The first kappa shape index (κ1) is 31.4. The number of hydrogen-bond donors (Lipinski definition) is 3. The summed E-state index contributed by atoms with van der Waals surface area (Å²) in [6.07, 6.45) is 3.92. The topological polar surface area (TPSA) is 181 Å². The zero-order valence-corrected chi connectivity index (χ0v) is 25.6. The Balaban J connectivity index is 0.00000124. The van der Waals surface area contributed by atoms with Crippen LogP contribution >= 0.6 is 0 Å². The van der Waals surface area contributed by atoms with Gasteiger partial charge in [-0.15, -0.1) is 0 Å². The van der Waals surface area contributed by atoms with Crippen LogP contribution in [0.25, 0.3) is 38.6 Å². The van der Waals surface area contributed by atoms with Crippen molar-refractivity contribution >= 4 is 45.6 Å². The van der Waals surface area contributed by atoms with Crippen LogP contribution in [0.4, 0.5) is 10.2 Å². The summed E-state index contributed by atoms with van der Waals surface area (Å²) in [6, 6.07) is 10.2. The molecule has 2 aromatic carbocycles. The van der Waals surface area contributed by atoms with E-state index in [9.17, 15) is 19.1 Å². The number of rotatable bonds is 5. The van der Waals surface area contributed by atoms with Crippen LogP contribution in [0, 0.1) is 11.7 Å². The monoisotopic (exact) mass is 641 g/mol. The van der Waals surface area contributed by atoms with Crippen molar-refractivity contribution in [3.05, 3.63) is 82.4 Å². The highest BCUT2D eigenvalue weighted by atomic mass is 19.1. The van der Waals surface area contributed by atoms with Gasteiger partial charge in [0.2, 0.25) is 5.91 Å². The highest BCUT2D eigenvalue weighted by Gasteiger charge is 2.34. The van der Waals surface area contributed by atoms with Gasteiger partial charge >= 0.3 is 5.63 Å². The highest BCUT2D eigenvalue weighted by molar-refractivity contribution is 5.99. The summed E-state index contributed by atoms with van der Waals surface area (Å²) in [5, 5.41) is 23.3. The lowest BCUT2D eigenvalue weighted by Gasteiger charge is -2.39. The van der Waals surface area contributed by atoms with Gasteiger partial charge in [0.15, 0.2) is 5.65 Å². The third kappa shape index (κ3) is 5.78. The molecule has 0 spiro atoms. The number of likely N-dealkylation sites (tertiary alicyclic amines) is 1. The predicted molar refractivity (Wildman–Crippen MR) is 172 cm³/mol. The van der Waals surface area contributed by atoms with Crippen molar-refractivity contribution in [3.63, 3.8) is 0 Å². The quantitative estimate of drug-likeness (QED) is 0.239. The molecule has 1 fully saturated rings. The van der Waals surface area contributed by atoms with Crippen molar-refractivity contribution in [2.75, 3.05) is 39.0 Å². The Morgan fingerprint density at radius 3 is 2.55 bits per heavy atom. The van der Waals surface area contributed by atoms with Crippen LogP contribution in [-0.2, 0) is 9.59 Å². The van der Waals surface area contributed by atoms with Crippen LogP contribution in [0.1, 0.15) is 30.7 Å². The molecule has 0 aliphatic carbocycles. The fraction of sp³-hybridized carbons (Fsp3) is 0.273. The molecular weight excluding hydrogens is 609 g/mol. The van der Waals surface area contributed by atoms with E-state index >= 15 is 0 Å². The maximum atomic E-state index is 14.3. The molecule has 2 aliphatic heterocycles. The Kier molecular flexibility index (Phi) is 8.43. The molecule has 0 bridgehead atoms. The van der Waals surface area contributed by atoms with E-state index < -0.39 is 17.5 Å². The fourth-order valence-corrected chi connectivity index (χ4v) is 6.34. The molecule has 1 atom stereocenters. The Bertz CT molecular complexity index is 2080. The number of aromatic hydroxyl groups is 1. The molecule has 7 rings (SSSR count). The molecule has 13 nitrogen and oxygen atoms in total. The largest absolute Gasteiger partial charge is 0.508 e. The average molecular weight is 642 g/mol. The maximum Gasteiger partial charge on any atom is 0.343 e. The molecular formula is C33H32FN7O6. The van der Waals surface area contributed by atoms with Gasteiger partial charge in [0, 0.05) is 43.4 Å². The standard InChI is InChI=1S/C32H30FN7O4.CH2O2/c1-17(40-30-26(29(34)35-16-36-30)27(37-40)19-11-21(33)13-22(41)12-19)28-25(23-5-3-4-6-24(23)32(43)44-28)18-7-9-39(10-8-18)31(42)20-14-38(2)15-20;2-1-3/h3-7,11-13,16-17,20,41H,8-10,14-15H2,1-2H3,(H2,34,35,36);1H,(H,2,3). The van der Waals surface area contributed by atoms with Gasteiger partial charge in [0.05, 0.1) is 16.7 Å². The number of carboxylic acid groups (broad SMARTS) is 1. The second kappa shape index (κ2) is 12.6. The number of benzene rings is 2. The fourth-order valence-electron chi connectivity index (χ4n) is 6.34. The number of carbonyl (C=O) groups excluding carboxylic acids is 1. The van der Waals surface area contributed by atoms with E-state index in [1.807, 2.05) is 37.1 Å². The van der Waals surface area contributed by atoms with Gasteiger partial charge < -0.3 is 30.2 Å². The Morgan fingerprint density at radius 1 is 1.17 bits per heavy atom. The van der Waals surface area contributed by atoms with E-state index in [2.05, 4.69) is 14.9 Å². The number of halogens is 1. The summed E-state index contributed by atoms with van der Waals surface area (Å²) in [5.41, 5.74) is 8.42. The number of anilines is 1. The van der Waals surface area contributed by atoms with Gasteiger partial charge in [0.1, 0.15) is 41.2 Å². The number of phenols is 1. The van der Waals surface area contributed by atoms with Gasteiger partial charge in [-0.3, -0.25) is 9.59 Å². The number of nitrogens with two attached hydrogens (primary N) is 1. The number of nitrogens with zero attached hydrogens (tertiary/aromatic N) is 6. The molecule has 47 heavy (non-hydrogen) atoms. The van der Waals surface area contributed by atoms with E-state index in [4.69, 9.17) is 25.2 Å². The van der Waals surface area contributed by atoms with E-state index in [0.29, 0.717) is 41.7 Å². The minimum atomic E-state index is -0.666. The zero-order chi connectivity index (χ0) is 33.4. The lowest BCUT2D eigenvalue weighted by atomic mass is 9.91. The molecule has 1 unspecified atom stereocenters. The number of hydrogen-bond acceptors (Lipinski definition) is 10. The van der Waals surface area contributed by atoms with Crippen molar-refractivity contribution in [1.29, 1.82) is 0 Å². The summed E-state index contributed by atoms with van der Waals surface area (Å²) < 4.78 is 22.0. The minimum Gasteiger partial charge on any atom is -0.508 e. The van der Waals surface area contributed by atoms with E-state index in [0.717, 1.165) is 35.7 Å². The van der Waals surface area contributed by atoms with Crippen LogP contribution in [0.2, 0.25) is 0 Å². The van der Waals surface area contributed by atoms with Crippen molar-refractivity contribution in [2.45, 2.75) is 19.4 Å². The predicted octanol–water partition coefficient (Wildman–Crippen LogP) is 3.51. The molecule has 1 saturated heterocycles. The molecule has 0 saturated carbocycles. The number of amides is 1. The van der Waals surface area contributed by atoms with Crippen molar-refractivity contribution < 1.29 is 28.6 Å². The lowest BCUT2D eigenvalue weighted by Crippen LogP contribution is -2.53. The van der Waals surface area contributed by atoms with Gasteiger partial charge in [-0.05, 0) is 49.6 Å². The van der Waals surface area contributed by atoms with Gasteiger partial charge in [0.25, 0.3) is 6.47 Å². The summed E-state index contributed by atoms with van der Waals surface area (Å²) in [7, 11) is 2.00. The molecule has 242 valence electrons. The molecule has 5 aromatic rings. The minimum absolute atomic E-state index is 0.0258. The average Bonchev–Trinajstić information content (AvgIpc) is 3.44. The molecule has 3 aromatic heterocycles. The van der Waals surface area contributed by atoms with Crippen LogP contribution in [0.15, 0.2) is 64.1 Å². The van der Waals surface area contributed by atoms with Gasteiger partial charge in [-0.25, -0.2) is 23.8 Å². The summed E-state index contributed by atoms with van der Waals surface area (Å²) in [4.78, 5) is 47.2. The molecule has 1 amide bonds. The summed E-state index contributed by atoms with van der Waals surface area (Å²) >= 11 is 0. The van der Waals surface area contributed by atoms with Crippen LogP contribution < -0.4 is 11.4 Å². The van der Waals surface area contributed by atoms with E-state index in [-0.39, 0.29) is 41.1 Å². The highest BCUT2D eigenvalue weighted by Crippen LogP contribution is 2.39. The molecule has 4 N–H and O–H groups in total. The second-order valence-corrected chi connectivity index (χ2v) is 11.6. The number of nitrogen functional groups attached to an aromatic ring is 1. The zero-order valence-electron chi connectivity index (χ0n) is 25.6. The maximum absolute atomic E-state index is 14.3. The first-order valence-electron chi connectivity index (χ1n) is 14.9. The van der Waals surface area contributed by atoms with E-state index in [1.165, 1.54) is 18.5 Å². The number of carbonyl (C=O) groups is 2. The van der Waals surface area contributed by atoms with E-state index in [1.54, 1.807) is 16.8 Å². The Labute approximate surface area is 267 Å². The number of aromatic nitrogens is 4. The first-order valence-corrected chi connectivity index (χ1v) is 14.9. The van der Waals surface area contributed by atoms with Crippen molar-refractivity contribution in [1.82, 2.24) is 29.5 Å². The second-order valence-electron chi connectivity index (χ2n) is 11.6. The molecule has 14 heteroatoms. The lowest BCUT2D eigenvalue weighted by molar-refractivity contribution is -0.140. The Hall–Kier alpha value is -5.63. The molecule has 2 aliphatic rings. The number of fused-ring (bicyclic) bond motifs is 2. The molecule has 5 heterocycles. The van der Waals surface area contributed by atoms with Gasteiger partial charge in [-0.1, -0.05) is 24.3 Å². The first-order chi connectivity index (χ1) is 22.6. The number of phenolic OH excluding ortho intramolecular Hbond substituents is 1. The smallest absolute Gasteiger partial charge is 0.343 e. The third-order valence-corrected chi connectivity index (χ3v) is 8.54.